The van der Waals surface area contributed by atoms with Gasteiger partial charge in [-0.3, -0.25) is 9.59 Å². The molecular weight excluding hydrogens is 421 g/mol. The highest BCUT2D eigenvalue weighted by Gasteiger charge is 2.64. The van der Waals surface area contributed by atoms with E-state index in [1.807, 2.05) is 0 Å². The summed E-state index contributed by atoms with van der Waals surface area (Å²) < 4.78 is 85.6. The Hall–Kier alpha value is -1.80. The van der Waals surface area contributed by atoms with Gasteiger partial charge >= 0.3 is 0 Å². The van der Waals surface area contributed by atoms with E-state index < -0.39 is 68.2 Å². The van der Waals surface area contributed by atoms with E-state index in [1.165, 1.54) is 13.8 Å². The summed E-state index contributed by atoms with van der Waals surface area (Å²) in [5.41, 5.74) is -6.46. The number of hydrogen-bond donors (Lipinski definition) is 0. The topological polar surface area (TPSA) is 34.1 Å². The van der Waals surface area contributed by atoms with Crippen LogP contribution in [-0.2, 0) is 9.59 Å². The molecule has 0 aliphatic heterocycles. The summed E-state index contributed by atoms with van der Waals surface area (Å²) in [4.78, 5) is 23.4. The number of hydrogen-bond acceptors (Lipinski definition) is 2. The zero-order valence-corrected chi connectivity index (χ0v) is 15.2. The van der Waals surface area contributed by atoms with Crippen molar-refractivity contribution >= 4 is 39.3 Å². The van der Waals surface area contributed by atoms with Gasteiger partial charge in [-0.05, 0) is 54.8 Å². The van der Waals surface area contributed by atoms with Crippen molar-refractivity contribution in [3.63, 3.8) is 0 Å². The molecule has 2 rings (SSSR count). The summed E-state index contributed by atoms with van der Waals surface area (Å²) in [6.45, 7) is 2.38. The minimum absolute atomic E-state index is 0.108. The van der Waals surface area contributed by atoms with Crippen molar-refractivity contribution in [1.82, 2.24) is 0 Å². The third kappa shape index (κ3) is 2.99. The minimum Gasteiger partial charge on any atom is -0.280 e. The number of alkyl halides is 2. The fraction of sp³-hybridized carbons (Fsp3) is 0.294. The second-order valence-corrected chi connectivity index (χ2v) is 6.69. The van der Waals surface area contributed by atoms with Crippen LogP contribution < -0.4 is 0 Å². The van der Waals surface area contributed by atoms with Crippen molar-refractivity contribution in [2.45, 2.75) is 26.2 Å². The van der Waals surface area contributed by atoms with Crippen LogP contribution in [0.2, 0.25) is 0 Å². The number of halogens is 8. The lowest BCUT2D eigenvalue weighted by atomic mass is 9.68. The molecular formula is C17H10Cl2F6O2. The van der Waals surface area contributed by atoms with Crippen LogP contribution in [-0.4, -0.2) is 22.8 Å². The minimum atomic E-state index is -3.45. The second kappa shape index (κ2) is 7.31. The molecule has 0 amide bonds. The standard InChI is InChI=1S/C17H10Cl2F6O2/c1-5(2)8-9(6-3-4-7(20)11(22)10(6)21)12(23)14(25)17(13(8)24,15(18)26)16(19)27/h3-4,13-14H,1-2H3. The Morgan fingerprint density at radius 3 is 1.89 bits per heavy atom. The van der Waals surface area contributed by atoms with Gasteiger partial charge in [-0.25, -0.2) is 26.3 Å². The summed E-state index contributed by atoms with van der Waals surface area (Å²) in [6, 6.07) is 1.00. The zero-order chi connectivity index (χ0) is 20.8. The van der Waals surface area contributed by atoms with Crippen LogP contribution >= 0.6 is 23.2 Å². The number of allylic oxidation sites excluding steroid dienone is 4. The molecule has 2 nitrogen and oxygen atoms in total. The van der Waals surface area contributed by atoms with Crippen LogP contribution in [0.5, 0.6) is 0 Å². The molecule has 0 bridgehead atoms. The fourth-order valence-electron chi connectivity index (χ4n) is 2.91. The Morgan fingerprint density at radius 1 is 0.926 bits per heavy atom. The molecule has 0 heterocycles. The number of rotatable bonds is 3. The molecule has 0 saturated carbocycles. The lowest BCUT2D eigenvalue weighted by Crippen LogP contribution is -2.54. The third-order valence-electron chi connectivity index (χ3n) is 4.28. The summed E-state index contributed by atoms with van der Waals surface area (Å²) in [5.74, 6) is -7.47. The van der Waals surface area contributed by atoms with Gasteiger partial charge in [0.2, 0.25) is 10.5 Å². The van der Waals surface area contributed by atoms with Gasteiger partial charge in [0.05, 0.1) is 0 Å². The van der Waals surface area contributed by atoms with Crippen LogP contribution in [0.15, 0.2) is 29.1 Å². The smallest absolute Gasteiger partial charge is 0.243 e. The molecule has 0 aromatic heterocycles. The van der Waals surface area contributed by atoms with Crippen molar-refractivity contribution < 1.29 is 35.9 Å². The Labute approximate surface area is 159 Å². The normalized spacial score (nSPS) is 22.1. The molecule has 1 aromatic carbocycles. The average molecular weight is 431 g/mol. The first kappa shape index (κ1) is 21.5. The maximum absolute atomic E-state index is 15.2. The van der Waals surface area contributed by atoms with Crippen molar-refractivity contribution in [2.75, 3.05) is 0 Å². The third-order valence-corrected chi connectivity index (χ3v) is 4.90. The van der Waals surface area contributed by atoms with Gasteiger partial charge in [0.15, 0.2) is 35.2 Å². The van der Waals surface area contributed by atoms with Crippen LogP contribution in [0.1, 0.15) is 19.4 Å². The molecule has 0 saturated heterocycles. The lowest BCUT2D eigenvalue weighted by Gasteiger charge is -2.39. The van der Waals surface area contributed by atoms with Gasteiger partial charge in [0, 0.05) is 11.1 Å². The van der Waals surface area contributed by atoms with Gasteiger partial charge in [-0.15, -0.1) is 0 Å². The summed E-state index contributed by atoms with van der Waals surface area (Å²) in [7, 11) is 0. The molecule has 1 aromatic rings. The molecule has 27 heavy (non-hydrogen) atoms. The van der Waals surface area contributed by atoms with Crippen LogP contribution in [0.25, 0.3) is 5.57 Å². The lowest BCUT2D eigenvalue weighted by molar-refractivity contribution is -0.139. The summed E-state index contributed by atoms with van der Waals surface area (Å²) in [6.07, 6.45) is -6.22. The maximum atomic E-state index is 15.2. The fourth-order valence-corrected chi connectivity index (χ4v) is 3.51. The Balaban J connectivity index is 2.97. The predicted molar refractivity (Wildman–Crippen MR) is 86.7 cm³/mol. The van der Waals surface area contributed by atoms with Crippen molar-refractivity contribution in [3.05, 3.63) is 52.1 Å². The number of carbonyl (C=O) groups excluding carboxylic acids is 2. The highest BCUT2D eigenvalue weighted by Crippen LogP contribution is 2.53. The molecule has 1 aliphatic carbocycles. The van der Waals surface area contributed by atoms with E-state index in [4.69, 9.17) is 23.2 Å². The first-order valence-electron chi connectivity index (χ1n) is 7.29. The molecule has 0 spiro atoms. The van der Waals surface area contributed by atoms with Crippen LogP contribution in [0, 0.1) is 22.9 Å². The molecule has 2 atom stereocenters. The van der Waals surface area contributed by atoms with Gasteiger partial charge < -0.3 is 0 Å². The zero-order valence-electron chi connectivity index (χ0n) is 13.6. The molecule has 0 N–H and O–H groups in total. The highest BCUT2D eigenvalue weighted by atomic mass is 35.5. The van der Waals surface area contributed by atoms with Gasteiger partial charge in [0.1, 0.15) is 5.83 Å². The van der Waals surface area contributed by atoms with E-state index in [2.05, 4.69) is 0 Å². The maximum Gasteiger partial charge on any atom is 0.243 e. The second-order valence-electron chi connectivity index (χ2n) is 6.00. The predicted octanol–water partition coefficient (Wildman–Crippen LogP) is 5.33. The van der Waals surface area contributed by atoms with Crippen molar-refractivity contribution in [1.29, 1.82) is 0 Å². The van der Waals surface area contributed by atoms with E-state index >= 15 is 4.39 Å². The van der Waals surface area contributed by atoms with E-state index in [9.17, 15) is 31.5 Å². The van der Waals surface area contributed by atoms with E-state index in [1.54, 1.807) is 0 Å². The van der Waals surface area contributed by atoms with Gasteiger partial charge in [0.25, 0.3) is 0 Å². The Kier molecular flexibility index (Phi) is 5.82. The SMILES string of the molecule is CC(C)=C1C(c2ccc(F)c(F)c2F)=C(F)C(F)C(C(=O)Cl)(C(=O)Cl)C1F. The Bertz CT molecular complexity index is 891. The molecule has 10 heteroatoms. The van der Waals surface area contributed by atoms with E-state index in [0.29, 0.717) is 12.1 Å². The first-order chi connectivity index (χ1) is 12.4. The molecule has 2 unspecified atom stereocenters. The largest absolute Gasteiger partial charge is 0.280 e. The molecule has 0 radical (unpaired) electrons. The van der Waals surface area contributed by atoms with Gasteiger partial charge in [-0.1, -0.05) is 5.57 Å². The van der Waals surface area contributed by atoms with Crippen LogP contribution in [0.4, 0.5) is 26.3 Å². The quantitative estimate of drug-likeness (QED) is 0.281. The van der Waals surface area contributed by atoms with E-state index in [-0.39, 0.29) is 5.57 Å². The Morgan fingerprint density at radius 2 is 1.44 bits per heavy atom. The molecule has 1 aliphatic rings. The first-order valence-corrected chi connectivity index (χ1v) is 8.05. The van der Waals surface area contributed by atoms with Crippen molar-refractivity contribution in [3.8, 4) is 0 Å². The van der Waals surface area contributed by atoms with Crippen molar-refractivity contribution in [2.24, 2.45) is 5.41 Å². The summed E-state index contributed by atoms with van der Waals surface area (Å²) in [5, 5.41) is -3.80. The average Bonchev–Trinajstić information content (AvgIpc) is 2.56. The molecule has 0 fully saturated rings. The van der Waals surface area contributed by atoms with E-state index in [0.717, 1.165) is 0 Å². The van der Waals surface area contributed by atoms with Crippen LogP contribution in [0.3, 0.4) is 0 Å². The van der Waals surface area contributed by atoms with Gasteiger partial charge in [-0.2, -0.15) is 0 Å². The highest BCUT2D eigenvalue weighted by molar-refractivity contribution is 6.75. The molecule has 146 valence electrons. The monoisotopic (exact) mass is 430 g/mol. The number of carbonyl (C=O) groups is 2. The number of benzene rings is 1. The summed E-state index contributed by atoms with van der Waals surface area (Å²) >= 11 is 10.4.